The Bertz CT molecular complexity index is 474. The highest BCUT2D eigenvalue weighted by molar-refractivity contribution is 6.17. The summed E-state index contributed by atoms with van der Waals surface area (Å²) in [5, 5.41) is 2.09. The maximum absolute atomic E-state index is 11.8. The van der Waals surface area contributed by atoms with Crippen LogP contribution in [0.3, 0.4) is 0 Å². The minimum atomic E-state index is -0.538. The number of ether oxygens (including phenoxy) is 3. The van der Waals surface area contributed by atoms with E-state index in [2.05, 4.69) is 5.32 Å². The highest BCUT2D eigenvalue weighted by Crippen LogP contribution is 2.29. The van der Waals surface area contributed by atoms with Crippen LogP contribution in [0.25, 0.3) is 0 Å². The van der Waals surface area contributed by atoms with Gasteiger partial charge in [-0.1, -0.05) is 0 Å². The van der Waals surface area contributed by atoms with Crippen LogP contribution < -0.4 is 5.32 Å². The van der Waals surface area contributed by atoms with Gasteiger partial charge in [-0.05, 0) is 19.3 Å². The van der Waals surface area contributed by atoms with Crippen molar-refractivity contribution in [3.05, 3.63) is 11.6 Å². The number of carbonyl (C=O) groups is 3. The summed E-state index contributed by atoms with van der Waals surface area (Å²) in [5.74, 6) is -1.60. The molecule has 0 saturated heterocycles. The second kappa shape index (κ2) is 7.51. The van der Waals surface area contributed by atoms with Crippen LogP contribution in [0.1, 0.15) is 25.7 Å². The van der Waals surface area contributed by atoms with Crippen LogP contribution in [0.4, 0.5) is 0 Å². The molecule has 1 aliphatic carbocycles. The first-order valence-electron chi connectivity index (χ1n) is 7.32. The van der Waals surface area contributed by atoms with Gasteiger partial charge in [0.25, 0.3) is 11.8 Å². The van der Waals surface area contributed by atoms with Crippen molar-refractivity contribution in [1.29, 1.82) is 0 Å². The average Bonchev–Trinajstić information content (AvgIpc) is 2.82. The normalized spacial score (nSPS) is 25.8. The molecule has 0 radical (unpaired) electrons. The lowest BCUT2D eigenvalue weighted by Crippen LogP contribution is -2.41. The van der Waals surface area contributed by atoms with Gasteiger partial charge in [0.1, 0.15) is 0 Å². The first-order chi connectivity index (χ1) is 10.5. The van der Waals surface area contributed by atoms with Gasteiger partial charge in [0.05, 0.1) is 25.2 Å². The number of hydrogen-bond acceptors (Lipinski definition) is 6. The summed E-state index contributed by atoms with van der Waals surface area (Å²) in [6.45, 7) is 0.179. The zero-order valence-corrected chi connectivity index (χ0v) is 12.8. The number of rotatable bonds is 6. The van der Waals surface area contributed by atoms with Gasteiger partial charge in [0.15, 0.2) is 0 Å². The molecule has 2 aliphatic rings. The topological polar surface area (TPSA) is 90.9 Å². The lowest BCUT2D eigenvalue weighted by Gasteiger charge is -2.36. The molecule has 1 N–H and O–H groups in total. The fourth-order valence-corrected chi connectivity index (χ4v) is 2.97. The van der Waals surface area contributed by atoms with Gasteiger partial charge in [0.2, 0.25) is 0 Å². The molecule has 22 heavy (non-hydrogen) atoms. The van der Waals surface area contributed by atoms with Gasteiger partial charge in [-0.3, -0.25) is 19.7 Å². The van der Waals surface area contributed by atoms with Crippen LogP contribution in [-0.2, 0) is 28.6 Å². The smallest absolute Gasteiger partial charge is 0.310 e. The first-order valence-corrected chi connectivity index (χ1v) is 7.32. The van der Waals surface area contributed by atoms with Gasteiger partial charge in [-0.15, -0.1) is 0 Å². The van der Waals surface area contributed by atoms with Crippen molar-refractivity contribution >= 4 is 17.8 Å². The molecule has 1 fully saturated rings. The fraction of sp³-hybridized carbons (Fsp3) is 0.667. The summed E-state index contributed by atoms with van der Waals surface area (Å²) in [7, 11) is 3.27. The molecule has 2 amide bonds. The Kier molecular flexibility index (Phi) is 5.68. The predicted molar refractivity (Wildman–Crippen MR) is 75.7 cm³/mol. The Morgan fingerprint density at radius 1 is 1.23 bits per heavy atom. The summed E-state index contributed by atoms with van der Waals surface area (Å²) in [5.41, 5.74) is 0.130. The molecule has 122 valence electrons. The Hall–Kier alpha value is -1.73. The molecular formula is C15H21NO6. The van der Waals surface area contributed by atoms with Crippen LogP contribution in [0.2, 0.25) is 0 Å². The third-order valence-electron chi connectivity index (χ3n) is 4.14. The van der Waals surface area contributed by atoms with E-state index >= 15 is 0 Å². The molecule has 0 spiro atoms. The van der Waals surface area contributed by atoms with Gasteiger partial charge < -0.3 is 14.2 Å². The second-order valence-electron chi connectivity index (χ2n) is 5.49. The van der Waals surface area contributed by atoms with E-state index in [0.717, 1.165) is 25.3 Å². The van der Waals surface area contributed by atoms with Crippen LogP contribution in [-0.4, -0.2) is 50.8 Å². The number of methoxy groups -OCH3 is 2. The highest BCUT2D eigenvalue weighted by Gasteiger charge is 2.35. The summed E-state index contributed by atoms with van der Waals surface area (Å²) in [6, 6.07) is 0. The summed E-state index contributed by atoms with van der Waals surface area (Å²) >= 11 is 0. The standard InChI is InChI=1S/C15H21NO6/c1-20-11-4-3-5-12(21-2)10(11)8-22-14(18)7-9-6-13(17)16-15(9)19/h6,10-12H,3-5,7-8H2,1-2H3,(H,16,17,19)/t11-,12-/m0/s1. The average molecular weight is 311 g/mol. The van der Waals surface area contributed by atoms with Gasteiger partial charge in [-0.25, -0.2) is 0 Å². The van der Waals surface area contributed by atoms with Gasteiger partial charge in [-0.2, -0.15) is 0 Å². The molecule has 0 aromatic rings. The summed E-state index contributed by atoms with van der Waals surface area (Å²) < 4.78 is 16.1. The van der Waals surface area contributed by atoms with Crippen molar-refractivity contribution in [1.82, 2.24) is 5.32 Å². The Labute approximate surface area is 129 Å². The highest BCUT2D eigenvalue weighted by atomic mass is 16.5. The van der Waals surface area contributed by atoms with E-state index < -0.39 is 17.8 Å². The van der Waals surface area contributed by atoms with Crippen molar-refractivity contribution < 1.29 is 28.6 Å². The minimum Gasteiger partial charge on any atom is -0.465 e. The summed E-state index contributed by atoms with van der Waals surface area (Å²) in [6.07, 6.45) is 3.71. The molecule has 2 rings (SSSR count). The number of hydrogen-bond donors (Lipinski definition) is 1. The Morgan fingerprint density at radius 2 is 1.86 bits per heavy atom. The van der Waals surface area contributed by atoms with E-state index in [4.69, 9.17) is 14.2 Å². The first kappa shape index (κ1) is 16.6. The van der Waals surface area contributed by atoms with Crippen LogP contribution in [0, 0.1) is 5.92 Å². The van der Waals surface area contributed by atoms with Crippen molar-refractivity contribution in [2.75, 3.05) is 20.8 Å². The van der Waals surface area contributed by atoms with Gasteiger partial charge >= 0.3 is 5.97 Å². The molecular weight excluding hydrogens is 290 g/mol. The van der Waals surface area contributed by atoms with E-state index in [1.165, 1.54) is 0 Å². The molecule has 2 atom stereocenters. The zero-order chi connectivity index (χ0) is 16.1. The Morgan fingerprint density at radius 3 is 2.36 bits per heavy atom. The maximum Gasteiger partial charge on any atom is 0.310 e. The fourth-order valence-electron chi connectivity index (χ4n) is 2.97. The minimum absolute atomic E-state index is 0.0120. The van der Waals surface area contributed by atoms with E-state index in [1.807, 2.05) is 0 Å². The van der Waals surface area contributed by atoms with E-state index in [0.29, 0.717) is 0 Å². The molecule has 7 nitrogen and oxygen atoms in total. The molecule has 0 unspecified atom stereocenters. The third kappa shape index (κ3) is 3.92. The molecule has 1 aliphatic heterocycles. The lowest BCUT2D eigenvalue weighted by molar-refractivity contribution is -0.151. The quantitative estimate of drug-likeness (QED) is 0.561. The molecule has 1 saturated carbocycles. The number of esters is 1. The number of nitrogens with one attached hydrogen (secondary N) is 1. The van der Waals surface area contributed by atoms with Crippen molar-refractivity contribution in [2.45, 2.75) is 37.9 Å². The summed E-state index contributed by atoms with van der Waals surface area (Å²) in [4.78, 5) is 34.2. The predicted octanol–water partition coefficient (Wildman–Crippen LogP) is 0.333. The number of carbonyl (C=O) groups excluding carboxylic acids is 3. The molecule has 1 heterocycles. The van der Waals surface area contributed by atoms with E-state index in [1.54, 1.807) is 14.2 Å². The SMILES string of the molecule is CO[C@H]1CCC[C@H](OC)C1COC(=O)CC1=CC(=O)NC1=O. The van der Waals surface area contributed by atoms with Crippen LogP contribution in [0.5, 0.6) is 0 Å². The van der Waals surface area contributed by atoms with Gasteiger partial charge in [0, 0.05) is 31.8 Å². The second-order valence-corrected chi connectivity index (χ2v) is 5.49. The number of amides is 2. The van der Waals surface area contributed by atoms with Crippen LogP contribution in [0.15, 0.2) is 11.6 Å². The Balaban J connectivity index is 1.87. The monoisotopic (exact) mass is 311 g/mol. The molecule has 0 aromatic carbocycles. The number of imide groups is 1. The molecule has 0 bridgehead atoms. The van der Waals surface area contributed by atoms with E-state index in [9.17, 15) is 14.4 Å². The lowest BCUT2D eigenvalue weighted by atomic mass is 9.84. The zero-order valence-electron chi connectivity index (χ0n) is 12.8. The largest absolute Gasteiger partial charge is 0.465 e. The third-order valence-corrected chi connectivity index (χ3v) is 4.14. The van der Waals surface area contributed by atoms with Crippen molar-refractivity contribution in [3.8, 4) is 0 Å². The van der Waals surface area contributed by atoms with Crippen LogP contribution >= 0.6 is 0 Å². The molecule has 0 aromatic heterocycles. The van der Waals surface area contributed by atoms with Crippen molar-refractivity contribution in [3.63, 3.8) is 0 Å². The maximum atomic E-state index is 11.8. The molecule has 7 heteroatoms. The van der Waals surface area contributed by atoms with E-state index in [-0.39, 0.29) is 36.7 Å². The van der Waals surface area contributed by atoms with Crippen molar-refractivity contribution in [2.24, 2.45) is 5.92 Å².